The van der Waals surface area contributed by atoms with Gasteiger partial charge in [-0.1, -0.05) is 77.9 Å². The topological polar surface area (TPSA) is 272 Å². The van der Waals surface area contributed by atoms with Crippen molar-refractivity contribution in [1.29, 1.82) is 0 Å². The third kappa shape index (κ3) is 11.9. The van der Waals surface area contributed by atoms with Gasteiger partial charge in [0.05, 0.1) is 22.3 Å². The van der Waals surface area contributed by atoms with Crippen molar-refractivity contribution in [3.63, 3.8) is 0 Å². The van der Waals surface area contributed by atoms with Crippen LogP contribution < -0.4 is 0 Å². The number of hydrogen-bond donors (Lipinski definition) is 1. The first kappa shape index (κ1) is 47.8. The monoisotopic (exact) mass is 909 g/mol. The summed E-state index contributed by atoms with van der Waals surface area (Å²) in [6.45, 7) is 2.43. The van der Waals surface area contributed by atoms with E-state index in [0.29, 0.717) is 0 Å². The van der Waals surface area contributed by atoms with E-state index in [2.05, 4.69) is 10.0 Å². The standard InChI is InChI=1S/C46H43N3O17/c1-25(50)58-24-32-35(59-26(2)51)36(60-27(3)52)33(48-49-47)46(61-32)66-38-34(53)37(62-42(54)28-16-8-4-9-17-28)39(63-43(55)29-18-10-5-11-19-29)41(65-45(57)31-22-14-7-15-23-31)40(38)64-44(56)30-20-12-6-13-21-30/h4-23,32-41,46,53H,24H2,1-3H3/t32-,33-,34-,35+,36-,37-,38+,39+,40+,41+,46-/m1/s1. The zero-order valence-corrected chi connectivity index (χ0v) is 35.4. The first-order chi connectivity index (χ1) is 31.7. The highest BCUT2D eigenvalue weighted by atomic mass is 16.7. The van der Waals surface area contributed by atoms with Gasteiger partial charge in [0, 0.05) is 25.7 Å². The van der Waals surface area contributed by atoms with Gasteiger partial charge < -0.3 is 47.7 Å². The van der Waals surface area contributed by atoms with Crippen LogP contribution in [-0.2, 0) is 57.0 Å². The van der Waals surface area contributed by atoms with Gasteiger partial charge in [-0.2, -0.15) is 0 Å². The fourth-order valence-corrected chi connectivity index (χ4v) is 7.23. The van der Waals surface area contributed by atoms with Gasteiger partial charge in [0.1, 0.15) is 31.0 Å². The first-order valence-corrected chi connectivity index (χ1v) is 20.3. The van der Waals surface area contributed by atoms with Crippen LogP contribution in [0.3, 0.4) is 0 Å². The lowest BCUT2D eigenvalue weighted by molar-refractivity contribution is -0.317. The average molecular weight is 910 g/mol. The van der Waals surface area contributed by atoms with Gasteiger partial charge in [0.2, 0.25) is 0 Å². The Morgan fingerprint density at radius 1 is 0.515 bits per heavy atom. The van der Waals surface area contributed by atoms with E-state index in [-0.39, 0.29) is 22.3 Å². The number of carbonyl (C=O) groups is 7. The van der Waals surface area contributed by atoms with E-state index in [4.69, 9.17) is 42.6 Å². The number of esters is 7. The molecule has 0 spiro atoms. The maximum absolute atomic E-state index is 14.1. The van der Waals surface area contributed by atoms with Gasteiger partial charge in [-0.25, -0.2) is 19.2 Å². The maximum atomic E-state index is 14.1. The van der Waals surface area contributed by atoms with Gasteiger partial charge in [-0.3, -0.25) is 14.4 Å². The average Bonchev–Trinajstić information content (AvgIpc) is 3.31. The van der Waals surface area contributed by atoms with E-state index in [9.17, 15) is 44.2 Å². The summed E-state index contributed by atoms with van der Waals surface area (Å²) in [5.74, 6) is -6.93. The smallest absolute Gasteiger partial charge is 0.338 e. The molecule has 11 atom stereocenters. The molecule has 1 aliphatic carbocycles. The van der Waals surface area contributed by atoms with Crippen LogP contribution in [0.1, 0.15) is 62.2 Å². The van der Waals surface area contributed by atoms with Crippen molar-refractivity contribution < 1.29 is 81.3 Å². The number of azide groups is 1. The molecule has 4 aromatic rings. The molecule has 1 aliphatic heterocycles. The molecular weight excluding hydrogens is 867 g/mol. The van der Waals surface area contributed by atoms with Gasteiger partial charge >= 0.3 is 41.8 Å². The van der Waals surface area contributed by atoms with Crippen LogP contribution in [0, 0.1) is 0 Å². The van der Waals surface area contributed by atoms with Crippen LogP contribution in [0.15, 0.2) is 126 Å². The Labute approximate surface area is 376 Å². The Morgan fingerprint density at radius 3 is 1.26 bits per heavy atom. The summed E-state index contributed by atoms with van der Waals surface area (Å²) in [6.07, 6.45) is -19.3. The van der Waals surface area contributed by atoms with Crippen LogP contribution in [-0.4, -0.2) is 121 Å². The molecular formula is C46H43N3O17. The number of aliphatic hydroxyl groups is 1. The van der Waals surface area contributed by atoms with Crippen molar-refractivity contribution in [1.82, 2.24) is 0 Å². The molecule has 20 nitrogen and oxygen atoms in total. The molecule has 344 valence electrons. The third-order valence-corrected chi connectivity index (χ3v) is 10.1. The van der Waals surface area contributed by atoms with Crippen LogP contribution in [0.2, 0.25) is 0 Å². The second-order valence-corrected chi connectivity index (χ2v) is 14.7. The third-order valence-electron chi connectivity index (χ3n) is 10.1. The van der Waals surface area contributed by atoms with Gasteiger partial charge in [-0.05, 0) is 54.1 Å². The predicted octanol–water partition coefficient (Wildman–Crippen LogP) is 4.48. The number of carbonyl (C=O) groups excluding carboxylic acids is 7. The second-order valence-electron chi connectivity index (χ2n) is 14.7. The Kier molecular flexibility index (Phi) is 16.2. The van der Waals surface area contributed by atoms with Crippen LogP contribution >= 0.6 is 0 Å². The summed E-state index contributed by atoms with van der Waals surface area (Å²) in [5.41, 5.74) is 9.69. The lowest BCUT2D eigenvalue weighted by Crippen LogP contribution is -2.70. The Bertz CT molecular complexity index is 2400. The van der Waals surface area contributed by atoms with Crippen molar-refractivity contribution >= 4 is 41.8 Å². The van der Waals surface area contributed by atoms with Gasteiger partial charge in [0.15, 0.2) is 42.9 Å². The molecule has 4 aromatic carbocycles. The lowest BCUT2D eigenvalue weighted by Gasteiger charge is -2.49. The summed E-state index contributed by atoms with van der Waals surface area (Å²) >= 11 is 0. The minimum Gasteiger partial charge on any atom is -0.463 e. The summed E-state index contributed by atoms with van der Waals surface area (Å²) in [6, 6.07) is 28.1. The summed E-state index contributed by atoms with van der Waals surface area (Å²) in [4.78, 5) is 95.9. The van der Waals surface area contributed by atoms with Crippen LogP contribution in [0.25, 0.3) is 10.4 Å². The SMILES string of the molecule is CC(=O)OC[C@H]1O[C@H](O[C@H]2[C@H](O)[C@@H](OC(=O)c3ccccc3)[C@H](OC(=O)c3ccccc3)[C@H](OC(=O)c3ccccc3)[C@H]2OC(=O)c2ccccc2)[C@H](N=[N+]=[N-])[C@@H](OC(C)=O)[C@H]1OC(C)=O. The molecule has 1 saturated heterocycles. The number of rotatable bonds is 15. The van der Waals surface area contributed by atoms with E-state index in [1.807, 2.05) is 0 Å². The second kappa shape index (κ2) is 22.3. The molecule has 2 aliphatic rings. The van der Waals surface area contributed by atoms with Gasteiger partial charge in [0.25, 0.3) is 0 Å². The molecule has 1 N–H and O–H groups in total. The predicted molar refractivity (Wildman–Crippen MR) is 223 cm³/mol. The first-order valence-electron chi connectivity index (χ1n) is 20.3. The van der Waals surface area contributed by atoms with Crippen LogP contribution in [0.4, 0.5) is 0 Å². The van der Waals surface area contributed by atoms with Crippen molar-refractivity contribution in [2.75, 3.05) is 6.61 Å². The Hall–Kier alpha value is -7.64. The molecule has 0 radical (unpaired) electrons. The molecule has 20 heteroatoms. The van der Waals surface area contributed by atoms with E-state index >= 15 is 0 Å². The van der Waals surface area contributed by atoms with E-state index in [0.717, 1.165) is 20.8 Å². The molecule has 6 rings (SSSR count). The zero-order chi connectivity index (χ0) is 47.3. The quantitative estimate of drug-likeness (QED) is 0.0566. The fraction of sp³-hybridized carbons (Fsp3) is 0.326. The van der Waals surface area contributed by atoms with Crippen LogP contribution in [0.5, 0.6) is 0 Å². The number of ether oxygens (including phenoxy) is 9. The lowest BCUT2D eigenvalue weighted by atomic mass is 9.83. The molecule has 1 saturated carbocycles. The number of benzene rings is 4. The zero-order valence-electron chi connectivity index (χ0n) is 35.4. The molecule has 66 heavy (non-hydrogen) atoms. The Balaban J connectivity index is 1.54. The van der Waals surface area contributed by atoms with Crippen molar-refractivity contribution in [2.24, 2.45) is 5.11 Å². The molecule has 2 fully saturated rings. The molecule has 0 bridgehead atoms. The normalized spacial score (nSPS) is 25.6. The molecule has 0 unspecified atom stereocenters. The summed E-state index contributed by atoms with van der Waals surface area (Å²) in [5, 5.41) is 16.3. The highest BCUT2D eigenvalue weighted by molar-refractivity contribution is 5.92. The minimum atomic E-state index is -2.23. The Morgan fingerprint density at radius 2 is 0.879 bits per heavy atom. The molecule has 1 heterocycles. The number of aliphatic hydroxyl groups excluding tert-OH is 1. The number of hydrogen-bond acceptors (Lipinski definition) is 18. The number of nitrogens with zero attached hydrogens (tertiary/aromatic N) is 3. The largest absolute Gasteiger partial charge is 0.463 e. The van der Waals surface area contributed by atoms with E-state index < -0.39 is 116 Å². The van der Waals surface area contributed by atoms with Gasteiger partial charge in [-0.15, -0.1) is 0 Å². The maximum Gasteiger partial charge on any atom is 0.338 e. The minimum absolute atomic E-state index is 0.0186. The van der Waals surface area contributed by atoms with Crippen molar-refractivity contribution in [3.05, 3.63) is 154 Å². The molecule has 0 amide bonds. The van der Waals surface area contributed by atoms with Crippen molar-refractivity contribution in [2.45, 2.75) is 88.0 Å². The highest BCUT2D eigenvalue weighted by Crippen LogP contribution is 2.38. The summed E-state index contributed by atoms with van der Waals surface area (Å²) in [7, 11) is 0. The summed E-state index contributed by atoms with van der Waals surface area (Å²) < 4.78 is 52.8. The van der Waals surface area contributed by atoms with E-state index in [1.165, 1.54) is 97.1 Å². The fourth-order valence-electron chi connectivity index (χ4n) is 7.23. The highest BCUT2D eigenvalue weighted by Gasteiger charge is 2.61. The van der Waals surface area contributed by atoms with Crippen molar-refractivity contribution in [3.8, 4) is 0 Å². The van der Waals surface area contributed by atoms with E-state index in [1.54, 1.807) is 24.3 Å². The molecule has 0 aromatic heterocycles.